The topological polar surface area (TPSA) is 51.4 Å². The van der Waals surface area contributed by atoms with Crippen LogP contribution in [0.2, 0.25) is 0 Å². The predicted molar refractivity (Wildman–Crippen MR) is 72.3 cm³/mol. The first-order valence-electron chi connectivity index (χ1n) is 5.70. The van der Waals surface area contributed by atoms with Gasteiger partial charge in [0, 0.05) is 37.9 Å². The van der Waals surface area contributed by atoms with Crippen LogP contribution in [-0.2, 0) is 4.74 Å². The van der Waals surface area contributed by atoms with E-state index in [1.807, 2.05) is 12.1 Å². The Morgan fingerprint density at radius 3 is 3.06 bits per heavy atom. The molecule has 0 amide bonds. The Hall–Kier alpha value is -1.20. The number of nitrogens with zero attached hydrogens (tertiary/aromatic N) is 2. The monoisotopic (exact) mass is 251 g/mol. The number of anilines is 1. The van der Waals surface area contributed by atoms with E-state index in [4.69, 9.17) is 22.7 Å². The zero-order valence-electron chi connectivity index (χ0n) is 9.93. The van der Waals surface area contributed by atoms with Crippen LogP contribution in [0, 0.1) is 5.92 Å². The van der Waals surface area contributed by atoms with Crippen molar-refractivity contribution in [2.24, 2.45) is 11.7 Å². The third-order valence-corrected chi connectivity index (χ3v) is 3.28. The average Bonchev–Trinajstić information content (AvgIpc) is 2.78. The summed E-state index contributed by atoms with van der Waals surface area (Å²) in [6.07, 6.45) is 2.90. The van der Waals surface area contributed by atoms with Crippen LogP contribution in [0.3, 0.4) is 0 Å². The predicted octanol–water partition coefficient (Wildman–Crippen LogP) is 1.19. The highest BCUT2D eigenvalue weighted by molar-refractivity contribution is 7.80. The lowest BCUT2D eigenvalue weighted by Crippen LogP contribution is -2.22. The van der Waals surface area contributed by atoms with Gasteiger partial charge < -0.3 is 15.4 Å². The Balaban J connectivity index is 2.01. The molecular formula is C12H17N3OS. The SMILES string of the molecule is COCC1CCN(c2ccc(C(N)=S)cn2)C1. The van der Waals surface area contributed by atoms with Gasteiger partial charge in [-0.15, -0.1) is 0 Å². The first-order valence-corrected chi connectivity index (χ1v) is 6.11. The van der Waals surface area contributed by atoms with Crippen molar-refractivity contribution in [1.82, 2.24) is 4.98 Å². The van der Waals surface area contributed by atoms with Crippen LogP contribution in [0.25, 0.3) is 0 Å². The van der Waals surface area contributed by atoms with Crippen molar-refractivity contribution in [3.8, 4) is 0 Å². The van der Waals surface area contributed by atoms with Crippen molar-refractivity contribution in [2.75, 3.05) is 31.7 Å². The molecule has 17 heavy (non-hydrogen) atoms. The van der Waals surface area contributed by atoms with Crippen molar-refractivity contribution in [3.05, 3.63) is 23.9 Å². The van der Waals surface area contributed by atoms with E-state index in [2.05, 4.69) is 9.88 Å². The largest absolute Gasteiger partial charge is 0.389 e. The maximum Gasteiger partial charge on any atom is 0.128 e. The maximum absolute atomic E-state index is 5.54. The van der Waals surface area contributed by atoms with Gasteiger partial charge in [0.25, 0.3) is 0 Å². The number of rotatable bonds is 4. The highest BCUT2D eigenvalue weighted by Crippen LogP contribution is 2.22. The molecule has 2 rings (SSSR count). The van der Waals surface area contributed by atoms with Crippen molar-refractivity contribution in [1.29, 1.82) is 0 Å². The minimum absolute atomic E-state index is 0.391. The molecule has 1 fully saturated rings. The van der Waals surface area contributed by atoms with Crippen molar-refractivity contribution < 1.29 is 4.74 Å². The first-order chi connectivity index (χ1) is 8.20. The van der Waals surface area contributed by atoms with Gasteiger partial charge in [0.2, 0.25) is 0 Å². The molecule has 5 heteroatoms. The molecule has 0 spiro atoms. The molecule has 0 aromatic carbocycles. The third-order valence-electron chi connectivity index (χ3n) is 3.04. The molecule has 4 nitrogen and oxygen atoms in total. The van der Waals surface area contributed by atoms with Gasteiger partial charge >= 0.3 is 0 Å². The second-order valence-electron chi connectivity index (χ2n) is 4.33. The lowest BCUT2D eigenvalue weighted by atomic mass is 10.1. The van der Waals surface area contributed by atoms with Crippen molar-refractivity contribution in [2.45, 2.75) is 6.42 Å². The molecule has 0 bridgehead atoms. The number of ether oxygens (including phenoxy) is 1. The fourth-order valence-electron chi connectivity index (χ4n) is 2.13. The van der Waals surface area contributed by atoms with Crippen LogP contribution >= 0.6 is 12.2 Å². The third kappa shape index (κ3) is 2.92. The minimum Gasteiger partial charge on any atom is -0.389 e. The smallest absolute Gasteiger partial charge is 0.128 e. The number of hydrogen-bond acceptors (Lipinski definition) is 4. The Morgan fingerprint density at radius 2 is 2.47 bits per heavy atom. The van der Waals surface area contributed by atoms with E-state index in [1.165, 1.54) is 0 Å². The summed E-state index contributed by atoms with van der Waals surface area (Å²) in [5.74, 6) is 1.60. The van der Waals surface area contributed by atoms with Crippen LogP contribution in [-0.4, -0.2) is 36.8 Å². The van der Waals surface area contributed by atoms with Gasteiger partial charge in [-0.3, -0.25) is 0 Å². The molecule has 0 saturated carbocycles. The highest BCUT2D eigenvalue weighted by Gasteiger charge is 2.23. The van der Waals surface area contributed by atoms with Gasteiger partial charge in [0.1, 0.15) is 10.8 Å². The minimum atomic E-state index is 0.391. The molecule has 1 aliphatic heterocycles. The molecule has 1 aromatic heterocycles. The van der Waals surface area contributed by atoms with E-state index in [9.17, 15) is 0 Å². The first kappa shape index (κ1) is 12.3. The summed E-state index contributed by atoms with van der Waals surface area (Å²) in [7, 11) is 1.75. The zero-order chi connectivity index (χ0) is 12.3. The molecule has 2 heterocycles. The van der Waals surface area contributed by atoms with Gasteiger partial charge in [-0.05, 0) is 18.6 Å². The van der Waals surface area contributed by atoms with Gasteiger partial charge in [0.15, 0.2) is 0 Å². The van der Waals surface area contributed by atoms with E-state index in [0.29, 0.717) is 10.9 Å². The summed E-state index contributed by atoms with van der Waals surface area (Å²) in [4.78, 5) is 7.06. The zero-order valence-corrected chi connectivity index (χ0v) is 10.7. The molecule has 0 aliphatic carbocycles. The Bertz CT molecular complexity index is 393. The molecule has 92 valence electrons. The molecule has 1 saturated heterocycles. The normalized spacial score (nSPS) is 19.6. The van der Waals surface area contributed by atoms with Gasteiger partial charge in [-0.1, -0.05) is 12.2 Å². The molecule has 1 unspecified atom stereocenters. The second kappa shape index (κ2) is 5.42. The fraction of sp³-hybridized carbons (Fsp3) is 0.500. The Labute approximate surface area is 107 Å². The highest BCUT2D eigenvalue weighted by atomic mass is 32.1. The van der Waals surface area contributed by atoms with E-state index in [1.54, 1.807) is 13.3 Å². The van der Waals surface area contributed by atoms with E-state index >= 15 is 0 Å². The quantitative estimate of drug-likeness (QED) is 0.815. The summed E-state index contributed by atoms with van der Waals surface area (Å²) in [6.45, 7) is 2.86. The van der Waals surface area contributed by atoms with Crippen LogP contribution < -0.4 is 10.6 Å². The maximum atomic E-state index is 5.54. The lowest BCUT2D eigenvalue weighted by Gasteiger charge is -2.17. The number of nitrogens with two attached hydrogens (primary N) is 1. The van der Waals surface area contributed by atoms with E-state index < -0.39 is 0 Å². The van der Waals surface area contributed by atoms with Crippen LogP contribution in [0.5, 0.6) is 0 Å². The van der Waals surface area contributed by atoms with Gasteiger partial charge in [-0.25, -0.2) is 4.98 Å². The van der Waals surface area contributed by atoms with Gasteiger partial charge in [-0.2, -0.15) is 0 Å². The summed E-state index contributed by atoms with van der Waals surface area (Å²) < 4.78 is 5.18. The molecule has 1 atom stereocenters. The number of hydrogen-bond donors (Lipinski definition) is 1. The molecule has 0 radical (unpaired) electrons. The summed E-state index contributed by atoms with van der Waals surface area (Å²) in [5, 5.41) is 0. The van der Waals surface area contributed by atoms with Crippen LogP contribution in [0.1, 0.15) is 12.0 Å². The molecule has 1 aliphatic rings. The number of methoxy groups -OCH3 is 1. The van der Waals surface area contributed by atoms with Gasteiger partial charge in [0.05, 0.1) is 6.61 Å². The van der Waals surface area contributed by atoms with Crippen molar-refractivity contribution >= 4 is 23.0 Å². The van der Waals surface area contributed by atoms with Crippen molar-refractivity contribution in [3.63, 3.8) is 0 Å². The standard InChI is InChI=1S/C12H17N3OS/c1-16-8-9-4-5-15(7-9)11-3-2-10(6-14-11)12(13)17/h2-3,6,9H,4-5,7-8H2,1H3,(H2,13,17). The average molecular weight is 251 g/mol. The molecule has 2 N–H and O–H groups in total. The summed E-state index contributed by atoms with van der Waals surface area (Å²) >= 11 is 4.90. The summed E-state index contributed by atoms with van der Waals surface area (Å²) in [5.41, 5.74) is 6.36. The molecular weight excluding hydrogens is 234 g/mol. The fourth-order valence-corrected chi connectivity index (χ4v) is 2.25. The van der Waals surface area contributed by atoms with E-state index in [0.717, 1.165) is 37.5 Å². The number of pyridine rings is 1. The summed E-state index contributed by atoms with van der Waals surface area (Å²) in [6, 6.07) is 3.90. The lowest BCUT2D eigenvalue weighted by molar-refractivity contribution is 0.161. The Kier molecular flexibility index (Phi) is 3.91. The Morgan fingerprint density at radius 1 is 1.65 bits per heavy atom. The van der Waals surface area contributed by atoms with Crippen LogP contribution in [0.4, 0.5) is 5.82 Å². The second-order valence-corrected chi connectivity index (χ2v) is 4.77. The number of aromatic nitrogens is 1. The number of thiocarbonyl (C=S) groups is 1. The molecule has 1 aromatic rings. The van der Waals surface area contributed by atoms with Crippen LogP contribution in [0.15, 0.2) is 18.3 Å². The van der Waals surface area contributed by atoms with E-state index in [-0.39, 0.29) is 0 Å².